The first-order valence-electron chi connectivity index (χ1n) is 6.36. The molecule has 5 heteroatoms. The van der Waals surface area contributed by atoms with Crippen LogP contribution in [0.15, 0.2) is 34.9 Å². The minimum absolute atomic E-state index is 0.153. The molecule has 0 spiro atoms. The van der Waals surface area contributed by atoms with Gasteiger partial charge in [0.1, 0.15) is 11.7 Å². The van der Waals surface area contributed by atoms with Gasteiger partial charge >= 0.3 is 0 Å². The molecule has 106 valence electrons. The smallest absolute Gasteiger partial charge is 0.174 e. The van der Waals surface area contributed by atoms with Gasteiger partial charge < -0.3 is 4.74 Å². The molecule has 0 saturated carbocycles. The molecule has 0 aliphatic carbocycles. The third-order valence-corrected chi connectivity index (χ3v) is 4.08. The van der Waals surface area contributed by atoms with Crippen LogP contribution in [0.1, 0.15) is 31.9 Å². The average molecular weight is 311 g/mol. The van der Waals surface area contributed by atoms with Gasteiger partial charge in [-0.05, 0) is 30.4 Å². The second-order valence-corrected chi connectivity index (χ2v) is 6.11. The normalized spacial score (nSPS) is 18.9. The summed E-state index contributed by atoms with van der Waals surface area (Å²) in [6, 6.07) is 7.21. The Hall–Kier alpha value is -1.26. The Morgan fingerprint density at radius 3 is 2.60 bits per heavy atom. The van der Waals surface area contributed by atoms with Crippen LogP contribution in [0.2, 0.25) is 5.02 Å². The van der Waals surface area contributed by atoms with E-state index in [0.717, 1.165) is 11.3 Å². The number of carbonyl (C=O) groups excluding carboxylic acids is 2. The van der Waals surface area contributed by atoms with Crippen molar-refractivity contribution >= 4 is 34.9 Å². The van der Waals surface area contributed by atoms with Gasteiger partial charge in [-0.3, -0.25) is 9.59 Å². The fraction of sp³-hybridized carbons (Fsp3) is 0.333. The minimum Gasteiger partial charge on any atom is -0.478 e. The highest BCUT2D eigenvalue weighted by Crippen LogP contribution is 2.37. The number of ether oxygens (including phenoxy) is 1. The van der Waals surface area contributed by atoms with E-state index < -0.39 is 0 Å². The molecule has 0 fully saturated rings. The highest BCUT2D eigenvalue weighted by atomic mass is 35.5. The van der Waals surface area contributed by atoms with Crippen molar-refractivity contribution in [1.29, 1.82) is 0 Å². The van der Waals surface area contributed by atoms with Crippen LogP contribution in [-0.4, -0.2) is 17.3 Å². The maximum absolute atomic E-state index is 12.2. The fourth-order valence-corrected chi connectivity index (χ4v) is 3.03. The van der Waals surface area contributed by atoms with Gasteiger partial charge in [0.25, 0.3) is 0 Å². The van der Waals surface area contributed by atoms with Gasteiger partial charge in [-0.1, -0.05) is 42.4 Å². The Bertz CT molecular complexity index is 563. The Kier molecular flexibility index (Phi) is 4.89. The molecule has 0 saturated heterocycles. The first-order valence-corrected chi connectivity index (χ1v) is 7.72. The summed E-state index contributed by atoms with van der Waals surface area (Å²) in [5, 5.41) is 1.08. The number of benzene rings is 1. The molecule has 1 aliphatic heterocycles. The number of ketones is 2. The first kappa shape index (κ1) is 15.1. The molecule has 1 aliphatic rings. The topological polar surface area (TPSA) is 43.4 Å². The standard InChI is InChI=1S/C15H15ClO3S/c1-3-20-15-14(9(2)17)12(18)8-13(19-15)10-4-6-11(16)7-5-10/h4-7,13H,3,8H2,1-2H3. The number of Topliss-reactive ketones (excluding diaryl/α,β-unsaturated/α-hetero) is 2. The zero-order valence-electron chi connectivity index (χ0n) is 11.3. The SMILES string of the molecule is CCSC1=C(C(C)=O)C(=O)CC(c2ccc(Cl)cc2)O1. The molecular formula is C15H15ClO3S. The first-order chi connectivity index (χ1) is 9.52. The zero-order chi connectivity index (χ0) is 14.7. The van der Waals surface area contributed by atoms with E-state index in [0.29, 0.717) is 10.1 Å². The second kappa shape index (κ2) is 6.46. The monoisotopic (exact) mass is 310 g/mol. The molecule has 1 aromatic rings. The highest BCUT2D eigenvalue weighted by molar-refractivity contribution is 8.02. The van der Waals surface area contributed by atoms with E-state index in [9.17, 15) is 9.59 Å². The molecule has 1 unspecified atom stereocenters. The van der Waals surface area contributed by atoms with Gasteiger partial charge in [0.05, 0.1) is 6.42 Å². The molecule has 1 aromatic carbocycles. The van der Waals surface area contributed by atoms with Crippen molar-refractivity contribution in [2.45, 2.75) is 26.4 Å². The Morgan fingerprint density at radius 2 is 2.05 bits per heavy atom. The van der Waals surface area contributed by atoms with E-state index in [1.54, 1.807) is 12.1 Å². The van der Waals surface area contributed by atoms with Crippen LogP contribution in [0, 0.1) is 0 Å². The molecule has 2 rings (SSSR count). The number of hydrogen-bond acceptors (Lipinski definition) is 4. The lowest BCUT2D eigenvalue weighted by Gasteiger charge is -2.26. The van der Waals surface area contributed by atoms with Gasteiger partial charge in [-0.25, -0.2) is 0 Å². The quantitative estimate of drug-likeness (QED) is 0.790. The van der Waals surface area contributed by atoms with Crippen LogP contribution in [0.4, 0.5) is 0 Å². The van der Waals surface area contributed by atoms with Crippen LogP contribution in [0.3, 0.4) is 0 Å². The predicted octanol–water partition coefficient (Wildman–Crippen LogP) is 3.92. The van der Waals surface area contributed by atoms with Crippen molar-refractivity contribution in [3.63, 3.8) is 0 Å². The van der Waals surface area contributed by atoms with Crippen LogP contribution in [0.5, 0.6) is 0 Å². The second-order valence-electron chi connectivity index (χ2n) is 4.44. The van der Waals surface area contributed by atoms with Gasteiger partial charge in [-0.2, -0.15) is 0 Å². The number of thioether (sulfide) groups is 1. The third kappa shape index (κ3) is 3.25. The summed E-state index contributed by atoms with van der Waals surface area (Å²) in [6.45, 7) is 3.35. The lowest BCUT2D eigenvalue weighted by molar-refractivity contribution is -0.123. The fourth-order valence-electron chi connectivity index (χ4n) is 2.05. The Labute approximate surface area is 127 Å². The molecule has 0 N–H and O–H groups in total. The van der Waals surface area contributed by atoms with E-state index in [4.69, 9.17) is 16.3 Å². The van der Waals surface area contributed by atoms with E-state index in [1.165, 1.54) is 18.7 Å². The van der Waals surface area contributed by atoms with Crippen molar-refractivity contribution in [1.82, 2.24) is 0 Å². The predicted molar refractivity (Wildman–Crippen MR) is 80.7 cm³/mol. The van der Waals surface area contributed by atoms with Crippen molar-refractivity contribution in [2.24, 2.45) is 0 Å². The molecule has 0 radical (unpaired) electrons. The lowest BCUT2D eigenvalue weighted by atomic mass is 9.97. The summed E-state index contributed by atoms with van der Waals surface area (Å²) in [6.07, 6.45) is -0.165. The minimum atomic E-state index is -0.350. The molecule has 3 nitrogen and oxygen atoms in total. The van der Waals surface area contributed by atoms with Crippen LogP contribution in [-0.2, 0) is 14.3 Å². The maximum Gasteiger partial charge on any atom is 0.174 e. The average Bonchev–Trinajstić information content (AvgIpc) is 2.38. The molecule has 0 bridgehead atoms. The summed E-state index contributed by atoms with van der Waals surface area (Å²) in [5.74, 6) is 0.354. The van der Waals surface area contributed by atoms with Crippen LogP contribution in [0.25, 0.3) is 0 Å². The number of halogens is 1. The van der Waals surface area contributed by atoms with Crippen molar-refractivity contribution in [3.8, 4) is 0 Å². The van der Waals surface area contributed by atoms with Gasteiger partial charge in [0.2, 0.25) is 0 Å². The molecule has 1 atom stereocenters. The molecule has 20 heavy (non-hydrogen) atoms. The maximum atomic E-state index is 12.2. The molecule has 0 amide bonds. The molecular weight excluding hydrogens is 296 g/mol. The van der Waals surface area contributed by atoms with E-state index in [2.05, 4.69) is 0 Å². The number of allylic oxidation sites excluding steroid dienone is 1. The number of carbonyl (C=O) groups is 2. The largest absolute Gasteiger partial charge is 0.478 e. The highest BCUT2D eigenvalue weighted by Gasteiger charge is 2.32. The van der Waals surface area contributed by atoms with Crippen LogP contribution >= 0.6 is 23.4 Å². The van der Waals surface area contributed by atoms with Crippen molar-refractivity contribution in [3.05, 3.63) is 45.5 Å². The van der Waals surface area contributed by atoms with Gasteiger partial charge in [0, 0.05) is 5.02 Å². The molecule has 1 heterocycles. The summed E-state index contributed by atoms with van der Waals surface area (Å²) in [5.41, 5.74) is 1.08. The Morgan fingerprint density at radius 1 is 1.40 bits per heavy atom. The van der Waals surface area contributed by atoms with Crippen molar-refractivity contribution in [2.75, 3.05) is 5.75 Å². The number of rotatable bonds is 4. The summed E-state index contributed by atoms with van der Waals surface area (Å²) in [7, 11) is 0. The lowest BCUT2D eigenvalue weighted by Crippen LogP contribution is -2.23. The summed E-state index contributed by atoms with van der Waals surface area (Å²) < 4.78 is 5.85. The summed E-state index contributed by atoms with van der Waals surface area (Å²) >= 11 is 7.24. The Balaban J connectivity index is 2.32. The van der Waals surface area contributed by atoms with Crippen LogP contribution < -0.4 is 0 Å². The van der Waals surface area contributed by atoms with E-state index in [1.807, 2.05) is 19.1 Å². The van der Waals surface area contributed by atoms with Crippen molar-refractivity contribution < 1.29 is 14.3 Å². The zero-order valence-corrected chi connectivity index (χ0v) is 12.9. The summed E-state index contributed by atoms with van der Waals surface area (Å²) in [4.78, 5) is 23.8. The third-order valence-electron chi connectivity index (χ3n) is 2.97. The van der Waals surface area contributed by atoms with E-state index in [-0.39, 0.29) is 29.7 Å². The molecule has 0 aromatic heterocycles. The van der Waals surface area contributed by atoms with Gasteiger partial charge in [-0.15, -0.1) is 0 Å². The number of hydrogen-bond donors (Lipinski definition) is 0. The van der Waals surface area contributed by atoms with Gasteiger partial charge in [0.15, 0.2) is 16.7 Å². The van der Waals surface area contributed by atoms with E-state index >= 15 is 0 Å².